The molecule has 9 heteroatoms. The molecular weight excluding hydrogens is 468 g/mol. The van der Waals surface area contributed by atoms with Gasteiger partial charge in [-0.1, -0.05) is 66.5 Å². The Kier molecular flexibility index (Phi) is 6.79. The molecule has 1 atom stereocenters. The summed E-state index contributed by atoms with van der Waals surface area (Å²) in [5.41, 5.74) is 1.19. The van der Waals surface area contributed by atoms with Crippen molar-refractivity contribution in [1.29, 1.82) is 0 Å². The van der Waals surface area contributed by atoms with Crippen molar-refractivity contribution in [2.24, 2.45) is 0 Å². The van der Waals surface area contributed by atoms with E-state index >= 15 is 0 Å². The zero-order valence-corrected chi connectivity index (χ0v) is 19.9. The largest absolute Gasteiger partial charge is 0.507 e. The maximum Gasteiger partial charge on any atom is 0.350 e. The molecule has 2 heterocycles. The number of ketones is 1. The molecule has 1 aromatic heterocycles. The summed E-state index contributed by atoms with van der Waals surface area (Å²) < 4.78 is 10.5. The molecule has 1 aliphatic rings. The number of thiazole rings is 1. The van der Waals surface area contributed by atoms with Gasteiger partial charge in [0.2, 0.25) is 0 Å². The molecule has 0 spiro atoms. The van der Waals surface area contributed by atoms with Crippen molar-refractivity contribution in [3.05, 3.63) is 94.5 Å². The monoisotopic (exact) mass is 490 g/mol. The van der Waals surface area contributed by atoms with Crippen molar-refractivity contribution in [3.8, 4) is 5.75 Å². The number of esters is 1. The third-order valence-electron chi connectivity index (χ3n) is 5.40. The molecule has 0 saturated carbocycles. The fourth-order valence-electron chi connectivity index (χ4n) is 3.79. The van der Waals surface area contributed by atoms with E-state index in [1.165, 1.54) is 12.0 Å². The van der Waals surface area contributed by atoms with E-state index in [0.717, 1.165) is 11.3 Å². The predicted molar refractivity (Wildman–Crippen MR) is 132 cm³/mol. The topological polar surface area (TPSA) is 106 Å². The highest BCUT2D eigenvalue weighted by molar-refractivity contribution is 7.17. The van der Waals surface area contributed by atoms with Crippen LogP contribution in [0.3, 0.4) is 0 Å². The number of carbonyl (C=O) groups is 3. The highest BCUT2D eigenvalue weighted by Gasteiger charge is 2.48. The number of hydrogen-bond acceptors (Lipinski definition) is 8. The van der Waals surface area contributed by atoms with Crippen LogP contribution in [-0.2, 0) is 14.3 Å². The van der Waals surface area contributed by atoms with E-state index in [9.17, 15) is 19.5 Å². The van der Waals surface area contributed by atoms with Crippen LogP contribution in [0.5, 0.6) is 5.75 Å². The maximum absolute atomic E-state index is 13.3. The molecule has 2 aromatic carbocycles. The number of Topliss-reactive ketones (excluding diaryl/α,β-unsaturated/α-hetero) is 1. The third kappa shape index (κ3) is 4.45. The van der Waals surface area contributed by atoms with Crippen LogP contribution in [0.4, 0.5) is 5.13 Å². The molecule has 35 heavy (non-hydrogen) atoms. The summed E-state index contributed by atoms with van der Waals surface area (Å²) in [5, 5.41) is 11.3. The van der Waals surface area contributed by atoms with E-state index in [-0.39, 0.29) is 27.9 Å². The zero-order valence-electron chi connectivity index (χ0n) is 19.1. The fourth-order valence-corrected chi connectivity index (χ4v) is 4.81. The minimum absolute atomic E-state index is 0.0884. The second-order valence-corrected chi connectivity index (χ2v) is 8.59. The number of aliphatic hydroxyl groups excluding tert-OH is 1. The van der Waals surface area contributed by atoms with Crippen molar-refractivity contribution in [3.63, 3.8) is 0 Å². The van der Waals surface area contributed by atoms with Crippen molar-refractivity contribution in [1.82, 2.24) is 4.98 Å². The first kappa shape index (κ1) is 23.9. The lowest BCUT2D eigenvalue weighted by atomic mass is 9.95. The Hall–Kier alpha value is -4.24. The van der Waals surface area contributed by atoms with Crippen LogP contribution in [0.25, 0.3) is 5.76 Å². The van der Waals surface area contributed by atoms with Gasteiger partial charge in [-0.3, -0.25) is 14.5 Å². The summed E-state index contributed by atoms with van der Waals surface area (Å²) in [6, 6.07) is 14.4. The molecule has 3 aromatic rings. The number of carbonyl (C=O) groups excluding carboxylic acids is 3. The Labute approximate surface area is 205 Å². The smallest absolute Gasteiger partial charge is 0.350 e. The molecular formula is C26H22N2O6S. The van der Waals surface area contributed by atoms with Crippen molar-refractivity contribution in [2.45, 2.75) is 13.0 Å². The number of aliphatic hydroxyl groups is 1. The van der Waals surface area contributed by atoms with Crippen LogP contribution in [0, 0.1) is 6.92 Å². The number of anilines is 1. The van der Waals surface area contributed by atoms with E-state index in [1.807, 2.05) is 0 Å². The van der Waals surface area contributed by atoms with E-state index < -0.39 is 23.7 Å². The second-order valence-electron chi connectivity index (χ2n) is 7.61. The van der Waals surface area contributed by atoms with E-state index in [4.69, 9.17) is 9.47 Å². The van der Waals surface area contributed by atoms with E-state index in [0.29, 0.717) is 22.6 Å². The van der Waals surface area contributed by atoms with Crippen molar-refractivity contribution < 1.29 is 29.0 Å². The lowest BCUT2D eigenvalue weighted by Crippen LogP contribution is -2.29. The number of benzene rings is 2. The summed E-state index contributed by atoms with van der Waals surface area (Å²) in [6.07, 6.45) is 1.60. The molecule has 0 radical (unpaired) electrons. The fraction of sp³-hybridized carbons (Fsp3) is 0.154. The Bertz CT molecular complexity index is 1340. The van der Waals surface area contributed by atoms with Crippen molar-refractivity contribution in [2.75, 3.05) is 18.6 Å². The number of amides is 1. The predicted octanol–water partition coefficient (Wildman–Crippen LogP) is 4.43. The molecule has 1 fully saturated rings. The SMILES string of the molecule is C=CCOc1cccc(C2C(=C(O)c3ccccc3)C(=O)C(=O)N2c2nc(C)c(C(=O)OC)s2)c1. The lowest BCUT2D eigenvalue weighted by molar-refractivity contribution is -0.132. The number of hydrogen-bond donors (Lipinski definition) is 1. The van der Waals surface area contributed by atoms with Gasteiger partial charge in [0.05, 0.1) is 24.4 Å². The first-order valence-electron chi connectivity index (χ1n) is 10.6. The molecule has 0 bridgehead atoms. The Morgan fingerprint density at radius 1 is 1.20 bits per heavy atom. The van der Waals surface area contributed by atoms with E-state index in [1.54, 1.807) is 67.6 Å². The molecule has 178 valence electrons. The van der Waals surface area contributed by atoms with Crippen LogP contribution >= 0.6 is 11.3 Å². The molecule has 1 aliphatic heterocycles. The van der Waals surface area contributed by atoms with Gasteiger partial charge in [0.1, 0.15) is 23.0 Å². The number of aromatic nitrogens is 1. The maximum atomic E-state index is 13.3. The summed E-state index contributed by atoms with van der Waals surface area (Å²) in [7, 11) is 1.25. The number of ether oxygens (including phenoxy) is 2. The second kappa shape index (κ2) is 9.94. The summed E-state index contributed by atoms with van der Waals surface area (Å²) in [6.45, 7) is 5.52. The van der Waals surface area contributed by atoms with Gasteiger partial charge >= 0.3 is 11.9 Å². The number of rotatable bonds is 7. The highest BCUT2D eigenvalue weighted by Crippen LogP contribution is 2.44. The molecule has 4 rings (SSSR count). The van der Waals surface area contributed by atoms with Gasteiger partial charge in [-0.2, -0.15) is 0 Å². The quantitative estimate of drug-likeness (QED) is 0.172. The first-order chi connectivity index (χ1) is 16.9. The third-order valence-corrected chi connectivity index (χ3v) is 6.53. The van der Waals surface area contributed by atoms with Gasteiger partial charge in [0, 0.05) is 5.56 Å². The molecule has 8 nitrogen and oxygen atoms in total. The average Bonchev–Trinajstić information content (AvgIpc) is 3.39. The Morgan fingerprint density at radius 3 is 2.63 bits per heavy atom. The first-order valence-corrected chi connectivity index (χ1v) is 11.4. The number of methoxy groups -OCH3 is 1. The number of aryl methyl sites for hydroxylation is 1. The molecule has 1 saturated heterocycles. The Balaban J connectivity index is 1.92. The van der Waals surface area contributed by atoms with Crippen LogP contribution in [0.1, 0.15) is 32.5 Å². The van der Waals surface area contributed by atoms with Gasteiger partial charge in [-0.05, 0) is 24.6 Å². The van der Waals surface area contributed by atoms with Crippen LogP contribution < -0.4 is 9.64 Å². The van der Waals surface area contributed by atoms with Crippen LogP contribution in [0.15, 0.2) is 72.8 Å². The Morgan fingerprint density at radius 2 is 1.94 bits per heavy atom. The highest BCUT2D eigenvalue weighted by atomic mass is 32.1. The van der Waals surface area contributed by atoms with Gasteiger partial charge < -0.3 is 14.6 Å². The van der Waals surface area contributed by atoms with Crippen LogP contribution in [0.2, 0.25) is 0 Å². The molecule has 1 amide bonds. The minimum atomic E-state index is -1.00. The summed E-state index contributed by atoms with van der Waals surface area (Å²) in [4.78, 5) is 44.5. The lowest BCUT2D eigenvalue weighted by Gasteiger charge is -2.23. The normalized spacial score (nSPS) is 16.9. The van der Waals surface area contributed by atoms with Gasteiger partial charge in [-0.15, -0.1) is 0 Å². The van der Waals surface area contributed by atoms with Gasteiger partial charge in [0.25, 0.3) is 5.78 Å². The molecule has 0 aliphatic carbocycles. The minimum Gasteiger partial charge on any atom is -0.507 e. The standard InChI is InChI=1S/C26H22N2O6S/c1-4-13-34-18-12-8-11-17(14-18)20-19(21(29)16-9-6-5-7-10-16)22(30)24(31)28(20)26-27-15(2)23(35-26)25(32)33-3/h4-12,14,20,29H,1,13H2,2-3H3. The van der Waals surface area contributed by atoms with E-state index in [2.05, 4.69) is 11.6 Å². The number of nitrogens with zero attached hydrogens (tertiary/aromatic N) is 2. The zero-order chi connectivity index (χ0) is 25.1. The summed E-state index contributed by atoms with van der Waals surface area (Å²) in [5.74, 6) is -2.13. The average molecular weight is 491 g/mol. The van der Waals surface area contributed by atoms with Gasteiger partial charge in [0.15, 0.2) is 5.13 Å². The molecule has 1 unspecified atom stereocenters. The van der Waals surface area contributed by atoms with Crippen molar-refractivity contribution >= 4 is 39.9 Å². The molecule has 1 N–H and O–H groups in total. The summed E-state index contributed by atoms with van der Waals surface area (Å²) >= 11 is 0.940. The van der Waals surface area contributed by atoms with Crippen LogP contribution in [-0.4, -0.2) is 41.5 Å². The van der Waals surface area contributed by atoms with Gasteiger partial charge in [-0.25, -0.2) is 9.78 Å².